The first-order valence-electron chi connectivity index (χ1n) is 18.3. The summed E-state index contributed by atoms with van der Waals surface area (Å²) in [5.41, 5.74) is 6.62. The molecule has 0 aliphatic heterocycles. The van der Waals surface area contributed by atoms with Crippen molar-refractivity contribution in [1.29, 1.82) is 0 Å². The van der Waals surface area contributed by atoms with E-state index in [2.05, 4.69) is 47.0 Å². The summed E-state index contributed by atoms with van der Waals surface area (Å²) in [4.78, 5) is 5.00. The summed E-state index contributed by atoms with van der Waals surface area (Å²) < 4.78 is 63.2. The fourth-order valence-electron chi connectivity index (χ4n) is 6.55. The highest BCUT2D eigenvalue weighted by Crippen LogP contribution is 2.45. The molecular formula is C43H28N2. The zero-order chi connectivity index (χ0) is 35.8. The molecule has 0 aliphatic carbocycles. The van der Waals surface area contributed by atoms with Gasteiger partial charge in [0.15, 0.2) is 0 Å². The Balaban J connectivity index is 1.33. The first kappa shape index (κ1) is 19.3. The van der Waals surface area contributed by atoms with Crippen molar-refractivity contribution in [3.8, 4) is 39.3 Å². The molecule has 0 radical (unpaired) electrons. The van der Waals surface area contributed by atoms with Crippen LogP contribution >= 0.6 is 0 Å². The van der Waals surface area contributed by atoms with Gasteiger partial charge in [0.05, 0.1) is 20.6 Å². The van der Waals surface area contributed by atoms with Crippen molar-refractivity contribution in [1.82, 2.24) is 9.55 Å². The minimum Gasteiger partial charge on any atom is -0.292 e. The average Bonchev–Trinajstić information content (AvgIpc) is 3.58. The van der Waals surface area contributed by atoms with Crippen molar-refractivity contribution < 1.29 is 9.60 Å². The topological polar surface area (TPSA) is 17.8 Å². The van der Waals surface area contributed by atoms with Gasteiger partial charge in [-0.05, 0) is 78.8 Å². The molecule has 2 heteroatoms. The molecule has 9 aromatic rings. The van der Waals surface area contributed by atoms with Crippen LogP contribution in [-0.4, -0.2) is 9.55 Å². The first-order chi connectivity index (χ1) is 25.3. The van der Waals surface area contributed by atoms with Crippen molar-refractivity contribution >= 4 is 43.4 Å². The Bertz CT molecular complexity index is 2850. The maximum atomic E-state index is 9.18. The van der Waals surface area contributed by atoms with E-state index in [4.69, 9.17) is 13.2 Å². The fraction of sp³-hybridized carbons (Fsp3) is 0. The predicted octanol–water partition coefficient (Wildman–Crippen LogP) is 11.5. The number of imidazole rings is 1. The molecule has 0 aliphatic rings. The summed E-state index contributed by atoms with van der Waals surface area (Å²) in [7, 11) is 0. The molecule has 0 saturated heterocycles. The van der Waals surface area contributed by atoms with Crippen LogP contribution in [0.2, 0.25) is 0 Å². The Labute approximate surface area is 271 Å². The lowest BCUT2D eigenvalue weighted by atomic mass is 9.85. The number of fused-ring (bicyclic) bond motifs is 4. The van der Waals surface area contributed by atoms with E-state index >= 15 is 0 Å². The monoisotopic (exact) mass is 579 g/mol. The minimum atomic E-state index is -0.470. The highest BCUT2D eigenvalue weighted by Gasteiger charge is 2.19. The lowest BCUT2D eigenvalue weighted by Gasteiger charge is -2.19. The third-order valence-corrected chi connectivity index (χ3v) is 8.50. The van der Waals surface area contributed by atoms with Crippen molar-refractivity contribution in [2.45, 2.75) is 0 Å². The van der Waals surface area contributed by atoms with Crippen LogP contribution in [0.25, 0.3) is 82.7 Å². The zero-order valence-electron chi connectivity index (χ0n) is 31.0. The maximum Gasteiger partial charge on any atom is 0.145 e. The van der Waals surface area contributed by atoms with E-state index in [1.165, 1.54) is 0 Å². The average molecular weight is 580 g/mol. The molecule has 0 bridgehead atoms. The van der Waals surface area contributed by atoms with Gasteiger partial charge in [0.2, 0.25) is 0 Å². The van der Waals surface area contributed by atoms with Crippen LogP contribution in [0.4, 0.5) is 0 Å². The molecule has 210 valence electrons. The normalized spacial score (nSPS) is 13.7. The number of hydrogen-bond donors (Lipinski definition) is 0. The lowest BCUT2D eigenvalue weighted by Crippen LogP contribution is -1.98. The third kappa shape index (κ3) is 4.07. The van der Waals surface area contributed by atoms with Gasteiger partial charge < -0.3 is 0 Å². The Morgan fingerprint density at radius 3 is 1.80 bits per heavy atom. The predicted molar refractivity (Wildman–Crippen MR) is 190 cm³/mol. The Morgan fingerprint density at radius 1 is 0.467 bits per heavy atom. The summed E-state index contributed by atoms with van der Waals surface area (Å²) in [6.07, 6.45) is 0. The van der Waals surface area contributed by atoms with E-state index in [1.54, 1.807) is 0 Å². The van der Waals surface area contributed by atoms with Gasteiger partial charge >= 0.3 is 0 Å². The highest BCUT2D eigenvalue weighted by atomic mass is 15.1. The van der Waals surface area contributed by atoms with Gasteiger partial charge in [0, 0.05) is 11.3 Å². The van der Waals surface area contributed by atoms with Crippen LogP contribution in [0.1, 0.15) is 9.60 Å². The molecule has 1 aromatic heterocycles. The molecule has 0 spiro atoms. The number of aromatic nitrogens is 2. The van der Waals surface area contributed by atoms with E-state index in [-0.39, 0.29) is 46.5 Å². The number of rotatable bonds is 4. The molecule has 9 rings (SSSR count). The van der Waals surface area contributed by atoms with E-state index in [1.807, 2.05) is 84.9 Å². The standard InChI is InChI=1S/C43H28N2/c1-2-14-31(15-3-1)43-44-39-23-10-11-24-40(39)45(43)32-27-25-30(26-28-32)41-35-18-6-8-20-37(35)42(38-21-9-7-19-36(38)41)34-22-12-16-29-13-4-5-17-33(29)34/h1-28H/i4D,5D,12D,13D,16D,17D,22D. The van der Waals surface area contributed by atoms with Gasteiger partial charge in [-0.25, -0.2) is 4.98 Å². The Hall–Kier alpha value is -5.99. The number of benzene rings is 8. The van der Waals surface area contributed by atoms with Crippen LogP contribution in [0.15, 0.2) is 170 Å². The van der Waals surface area contributed by atoms with Crippen LogP contribution in [0.5, 0.6) is 0 Å². The number of nitrogens with zero attached hydrogens (tertiary/aromatic N) is 2. The molecule has 0 atom stereocenters. The van der Waals surface area contributed by atoms with Crippen molar-refractivity contribution in [3.63, 3.8) is 0 Å². The molecular weight excluding hydrogens is 544 g/mol. The van der Waals surface area contributed by atoms with Gasteiger partial charge in [0.1, 0.15) is 5.82 Å². The molecule has 45 heavy (non-hydrogen) atoms. The summed E-state index contributed by atoms with van der Waals surface area (Å²) >= 11 is 0. The van der Waals surface area contributed by atoms with Crippen LogP contribution in [-0.2, 0) is 0 Å². The maximum absolute atomic E-state index is 9.18. The lowest BCUT2D eigenvalue weighted by molar-refractivity contribution is 1.10. The minimum absolute atomic E-state index is 0.0586. The van der Waals surface area contributed by atoms with Crippen molar-refractivity contribution in [2.24, 2.45) is 0 Å². The van der Waals surface area contributed by atoms with Gasteiger partial charge in [0.25, 0.3) is 0 Å². The van der Waals surface area contributed by atoms with Gasteiger partial charge in [-0.2, -0.15) is 0 Å². The largest absolute Gasteiger partial charge is 0.292 e. The van der Waals surface area contributed by atoms with Crippen molar-refractivity contribution in [2.75, 3.05) is 0 Å². The van der Waals surface area contributed by atoms with E-state index in [0.717, 1.165) is 60.8 Å². The summed E-state index contributed by atoms with van der Waals surface area (Å²) in [6, 6.07) is 39.6. The van der Waals surface area contributed by atoms with Gasteiger partial charge in [-0.3, -0.25) is 4.57 Å². The molecule has 0 unspecified atom stereocenters. The molecule has 1 heterocycles. The highest BCUT2D eigenvalue weighted by molar-refractivity contribution is 6.23. The first-order valence-corrected chi connectivity index (χ1v) is 14.8. The molecule has 0 saturated carbocycles. The van der Waals surface area contributed by atoms with Gasteiger partial charge in [-0.1, -0.05) is 145 Å². The molecule has 0 fully saturated rings. The van der Waals surface area contributed by atoms with Crippen LogP contribution < -0.4 is 0 Å². The second-order valence-corrected chi connectivity index (χ2v) is 11.0. The SMILES string of the molecule is [2H]c1c([2H])c([2H])c2c(-c3c4ccccc4c(-c4ccc(-n5c(-c6ccccc6)nc6ccccc65)cc4)c4ccccc34)c([2H])c([2H])c([2H])c2c1[2H]. The smallest absolute Gasteiger partial charge is 0.145 e. The van der Waals surface area contributed by atoms with Crippen LogP contribution in [0.3, 0.4) is 0 Å². The fourth-order valence-corrected chi connectivity index (χ4v) is 6.55. The second-order valence-electron chi connectivity index (χ2n) is 11.0. The van der Waals surface area contributed by atoms with E-state index < -0.39 is 12.1 Å². The quantitative estimate of drug-likeness (QED) is 0.190. The van der Waals surface area contributed by atoms with Crippen molar-refractivity contribution in [3.05, 3.63) is 170 Å². The Kier molecular flexibility index (Phi) is 4.43. The summed E-state index contributed by atoms with van der Waals surface area (Å²) in [5.74, 6) is 0.846. The third-order valence-electron chi connectivity index (χ3n) is 8.50. The molecule has 0 amide bonds. The number of para-hydroxylation sites is 2. The van der Waals surface area contributed by atoms with E-state index in [9.17, 15) is 1.37 Å². The van der Waals surface area contributed by atoms with Gasteiger partial charge in [-0.15, -0.1) is 0 Å². The molecule has 0 N–H and O–H groups in total. The summed E-state index contributed by atoms with van der Waals surface area (Å²) in [6.45, 7) is 0. The molecule has 8 aromatic carbocycles. The Morgan fingerprint density at radius 2 is 1.07 bits per heavy atom. The number of hydrogen-bond acceptors (Lipinski definition) is 1. The zero-order valence-corrected chi connectivity index (χ0v) is 24.0. The van der Waals surface area contributed by atoms with Crippen LogP contribution in [0, 0.1) is 0 Å². The summed E-state index contributed by atoms with van der Waals surface area (Å²) in [5, 5.41) is 3.33. The second kappa shape index (κ2) is 10.3. The molecule has 2 nitrogen and oxygen atoms in total. The van der Waals surface area contributed by atoms with E-state index in [0.29, 0.717) is 5.56 Å².